The number of rotatable bonds is 5. The van der Waals surface area contributed by atoms with E-state index in [4.69, 9.17) is 10.6 Å². The van der Waals surface area contributed by atoms with Crippen molar-refractivity contribution in [2.24, 2.45) is 11.1 Å². The maximum Gasteiger partial charge on any atom is 0.285 e. The Morgan fingerprint density at radius 1 is 1.10 bits per heavy atom. The Morgan fingerprint density at radius 2 is 1.76 bits per heavy atom. The van der Waals surface area contributed by atoms with Crippen LogP contribution in [-0.2, 0) is 21.0 Å². The van der Waals surface area contributed by atoms with Crippen molar-refractivity contribution in [3.63, 3.8) is 0 Å². The van der Waals surface area contributed by atoms with Crippen LogP contribution in [0.5, 0.6) is 0 Å². The molecule has 6 heteroatoms. The highest BCUT2D eigenvalue weighted by Gasteiger charge is 2.39. The lowest BCUT2D eigenvalue weighted by Crippen LogP contribution is -2.44. The summed E-state index contributed by atoms with van der Waals surface area (Å²) in [6.07, 6.45) is 0.144. The van der Waals surface area contributed by atoms with Gasteiger partial charge in [0.15, 0.2) is 0 Å². The molecule has 29 heavy (non-hydrogen) atoms. The summed E-state index contributed by atoms with van der Waals surface area (Å²) in [6.45, 7) is 3.34. The SMILES string of the molecule is CC(C)(C#CCC1C(=O)N(OCc2ccccc2)C(=O)c2ccccc21)C(N)=O. The Bertz CT molecular complexity index is 1000. The van der Waals surface area contributed by atoms with Gasteiger partial charge in [-0.3, -0.25) is 19.2 Å². The number of amides is 3. The zero-order chi connectivity index (χ0) is 21.0. The average Bonchev–Trinajstić information content (AvgIpc) is 2.71. The molecule has 3 rings (SSSR count). The summed E-state index contributed by atoms with van der Waals surface area (Å²) in [5.74, 6) is 3.53. The third-order valence-corrected chi connectivity index (χ3v) is 4.78. The van der Waals surface area contributed by atoms with Crippen molar-refractivity contribution in [3.05, 3.63) is 71.3 Å². The molecule has 0 spiro atoms. The number of carbonyl (C=O) groups excluding carboxylic acids is 3. The first-order valence-electron chi connectivity index (χ1n) is 9.25. The highest BCUT2D eigenvalue weighted by molar-refractivity contribution is 6.10. The summed E-state index contributed by atoms with van der Waals surface area (Å²) in [4.78, 5) is 42.9. The van der Waals surface area contributed by atoms with Crippen LogP contribution >= 0.6 is 0 Å². The van der Waals surface area contributed by atoms with Gasteiger partial charge in [0.05, 0.1) is 5.92 Å². The lowest BCUT2D eigenvalue weighted by molar-refractivity contribution is -0.176. The molecule has 1 aliphatic heterocycles. The van der Waals surface area contributed by atoms with Crippen LogP contribution in [0.1, 0.15) is 47.7 Å². The van der Waals surface area contributed by atoms with Gasteiger partial charge in [-0.15, -0.1) is 11.0 Å². The molecule has 0 saturated carbocycles. The van der Waals surface area contributed by atoms with Gasteiger partial charge >= 0.3 is 0 Å². The van der Waals surface area contributed by atoms with Crippen molar-refractivity contribution < 1.29 is 19.2 Å². The minimum absolute atomic E-state index is 0.0909. The third kappa shape index (κ3) is 4.36. The number of hydrogen-bond donors (Lipinski definition) is 1. The second-order valence-electron chi connectivity index (χ2n) is 7.33. The van der Waals surface area contributed by atoms with Crippen molar-refractivity contribution in [2.45, 2.75) is 32.8 Å². The van der Waals surface area contributed by atoms with Crippen molar-refractivity contribution in [1.29, 1.82) is 0 Å². The number of benzene rings is 2. The molecule has 0 saturated heterocycles. The van der Waals surface area contributed by atoms with E-state index in [-0.39, 0.29) is 13.0 Å². The van der Waals surface area contributed by atoms with E-state index in [0.717, 1.165) is 10.6 Å². The highest BCUT2D eigenvalue weighted by Crippen LogP contribution is 2.32. The largest absolute Gasteiger partial charge is 0.368 e. The Hall–Kier alpha value is -3.43. The molecule has 3 amide bonds. The van der Waals surface area contributed by atoms with Gasteiger partial charge in [-0.1, -0.05) is 54.5 Å². The van der Waals surface area contributed by atoms with Crippen molar-refractivity contribution >= 4 is 17.7 Å². The first-order chi connectivity index (χ1) is 13.8. The molecule has 2 aromatic carbocycles. The van der Waals surface area contributed by atoms with E-state index < -0.39 is 29.1 Å². The third-order valence-electron chi connectivity index (χ3n) is 4.78. The molecule has 1 aliphatic rings. The molecule has 2 N–H and O–H groups in total. The summed E-state index contributed by atoms with van der Waals surface area (Å²) in [7, 11) is 0. The Morgan fingerprint density at radius 3 is 2.45 bits per heavy atom. The Labute approximate surface area is 169 Å². The van der Waals surface area contributed by atoms with Crippen LogP contribution in [0.3, 0.4) is 0 Å². The van der Waals surface area contributed by atoms with Crippen LogP contribution in [0.4, 0.5) is 0 Å². The van der Waals surface area contributed by atoms with Crippen LogP contribution < -0.4 is 5.73 Å². The van der Waals surface area contributed by atoms with E-state index in [9.17, 15) is 14.4 Å². The number of nitrogens with two attached hydrogens (primary N) is 1. The van der Waals surface area contributed by atoms with Crippen LogP contribution in [0, 0.1) is 17.3 Å². The molecule has 0 fully saturated rings. The molecule has 0 aromatic heterocycles. The fraction of sp³-hybridized carbons (Fsp3) is 0.261. The molecule has 1 unspecified atom stereocenters. The summed E-state index contributed by atoms with van der Waals surface area (Å²) >= 11 is 0. The smallest absolute Gasteiger partial charge is 0.285 e. The number of fused-ring (bicyclic) bond motifs is 1. The molecule has 2 aromatic rings. The molecule has 6 nitrogen and oxygen atoms in total. The zero-order valence-electron chi connectivity index (χ0n) is 16.3. The van der Waals surface area contributed by atoms with E-state index in [1.807, 2.05) is 30.3 Å². The lowest BCUT2D eigenvalue weighted by atomic mass is 9.86. The molecular formula is C23H22N2O4. The standard InChI is InChI=1S/C23H22N2O4/c1-23(2,22(24)28)14-8-13-19-17-11-6-7-12-18(17)20(26)25(21(19)27)29-15-16-9-4-3-5-10-16/h3-7,9-12,19H,13,15H2,1-2H3,(H2,24,28). The number of nitrogens with zero attached hydrogens (tertiary/aromatic N) is 1. The summed E-state index contributed by atoms with van der Waals surface area (Å²) < 4.78 is 0. The van der Waals surface area contributed by atoms with Gasteiger partial charge in [-0.2, -0.15) is 0 Å². The average molecular weight is 390 g/mol. The highest BCUT2D eigenvalue weighted by atomic mass is 16.7. The summed E-state index contributed by atoms with van der Waals surface area (Å²) in [6, 6.07) is 16.2. The van der Waals surface area contributed by atoms with E-state index in [0.29, 0.717) is 11.1 Å². The first kappa shape index (κ1) is 20.3. The minimum Gasteiger partial charge on any atom is -0.368 e. The Balaban J connectivity index is 1.86. The van der Waals surface area contributed by atoms with Gasteiger partial charge in [0, 0.05) is 12.0 Å². The second kappa shape index (κ2) is 8.29. The van der Waals surface area contributed by atoms with Crippen LogP contribution in [0.25, 0.3) is 0 Å². The van der Waals surface area contributed by atoms with Gasteiger partial charge in [0.1, 0.15) is 12.0 Å². The van der Waals surface area contributed by atoms with Gasteiger partial charge in [0.2, 0.25) is 5.91 Å². The molecule has 148 valence electrons. The predicted molar refractivity (Wildman–Crippen MR) is 107 cm³/mol. The monoisotopic (exact) mass is 390 g/mol. The normalized spacial score (nSPS) is 16.1. The molecular weight excluding hydrogens is 368 g/mol. The van der Waals surface area contributed by atoms with Gasteiger partial charge < -0.3 is 5.73 Å². The van der Waals surface area contributed by atoms with Crippen molar-refractivity contribution in [1.82, 2.24) is 5.06 Å². The molecule has 0 radical (unpaired) electrons. The van der Waals surface area contributed by atoms with Gasteiger partial charge in [-0.05, 0) is 31.0 Å². The summed E-state index contributed by atoms with van der Waals surface area (Å²) in [5, 5.41) is 0.820. The number of imide groups is 1. The molecule has 1 heterocycles. The van der Waals surface area contributed by atoms with Crippen molar-refractivity contribution in [3.8, 4) is 11.8 Å². The van der Waals surface area contributed by atoms with Crippen LogP contribution in [-0.4, -0.2) is 22.8 Å². The van der Waals surface area contributed by atoms with Crippen LogP contribution in [0.2, 0.25) is 0 Å². The fourth-order valence-corrected chi connectivity index (χ4v) is 2.95. The van der Waals surface area contributed by atoms with Gasteiger partial charge in [-0.25, -0.2) is 0 Å². The quantitative estimate of drug-likeness (QED) is 0.628. The number of primary amides is 1. The van der Waals surface area contributed by atoms with Crippen LogP contribution in [0.15, 0.2) is 54.6 Å². The molecule has 1 atom stereocenters. The van der Waals surface area contributed by atoms with Gasteiger partial charge in [0.25, 0.3) is 11.8 Å². The molecule has 0 bridgehead atoms. The zero-order valence-corrected chi connectivity index (χ0v) is 16.3. The first-order valence-corrected chi connectivity index (χ1v) is 9.25. The van der Waals surface area contributed by atoms with E-state index >= 15 is 0 Å². The number of hydroxylamine groups is 2. The Kier molecular flexibility index (Phi) is 5.81. The number of carbonyl (C=O) groups is 3. The predicted octanol–water partition coefficient (Wildman–Crippen LogP) is 2.79. The minimum atomic E-state index is -1.00. The number of hydrogen-bond acceptors (Lipinski definition) is 4. The van der Waals surface area contributed by atoms with E-state index in [1.165, 1.54) is 0 Å². The van der Waals surface area contributed by atoms with E-state index in [2.05, 4.69) is 11.8 Å². The fourth-order valence-electron chi connectivity index (χ4n) is 2.95. The maximum absolute atomic E-state index is 13.0. The lowest BCUT2D eigenvalue weighted by Gasteiger charge is -2.30. The topological polar surface area (TPSA) is 89.7 Å². The summed E-state index contributed by atoms with van der Waals surface area (Å²) in [5.41, 5.74) is 6.19. The van der Waals surface area contributed by atoms with E-state index in [1.54, 1.807) is 38.1 Å². The maximum atomic E-state index is 13.0. The van der Waals surface area contributed by atoms with Crippen molar-refractivity contribution in [2.75, 3.05) is 0 Å². The molecule has 0 aliphatic carbocycles. The second-order valence-corrected chi connectivity index (χ2v) is 7.33.